The zero-order valence-corrected chi connectivity index (χ0v) is 12.8. The van der Waals surface area contributed by atoms with E-state index < -0.39 is 5.82 Å². The lowest BCUT2D eigenvalue weighted by molar-refractivity contribution is 0.445. The third-order valence-electron chi connectivity index (χ3n) is 3.18. The third-order valence-corrected chi connectivity index (χ3v) is 3.67. The van der Waals surface area contributed by atoms with Crippen molar-refractivity contribution in [3.8, 4) is 11.5 Å². The van der Waals surface area contributed by atoms with Crippen LogP contribution in [-0.2, 0) is 0 Å². The first-order valence-corrected chi connectivity index (χ1v) is 7.12. The van der Waals surface area contributed by atoms with Crippen molar-refractivity contribution in [3.05, 3.63) is 58.4 Å². The minimum absolute atomic E-state index is 0.147. The Morgan fingerprint density at radius 2 is 2.05 bits per heavy atom. The Balaban J connectivity index is 2.18. The molecule has 0 unspecified atom stereocenters. The molecule has 0 aliphatic rings. The predicted molar refractivity (Wildman–Crippen MR) is 85.1 cm³/mol. The van der Waals surface area contributed by atoms with Crippen LogP contribution in [0.3, 0.4) is 0 Å². The van der Waals surface area contributed by atoms with Crippen LogP contribution in [0.2, 0.25) is 0 Å². The van der Waals surface area contributed by atoms with E-state index in [0.717, 1.165) is 15.4 Å². The normalized spacial score (nSPS) is 10.8. The fourth-order valence-electron chi connectivity index (χ4n) is 2.08. The highest BCUT2D eigenvalue weighted by Gasteiger charge is 2.13. The largest absolute Gasteiger partial charge is 0.451 e. The summed E-state index contributed by atoms with van der Waals surface area (Å²) in [4.78, 5) is 4.24. The summed E-state index contributed by atoms with van der Waals surface area (Å²) >= 11 is 3.40. The Hall–Kier alpha value is -2.14. The van der Waals surface area contributed by atoms with Crippen LogP contribution >= 0.6 is 15.9 Å². The van der Waals surface area contributed by atoms with Crippen molar-refractivity contribution < 1.29 is 9.13 Å². The van der Waals surface area contributed by atoms with Gasteiger partial charge in [0.05, 0.1) is 17.4 Å². The Labute approximate surface area is 129 Å². The van der Waals surface area contributed by atoms with Gasteiger partial charge in [0, 0.05) is 9.86 Å². The molecule has 21 heavy (non-hydrogen) atoms. The molecule has 3 rings (SSSR count). The Bertz CT molecular complexity index is 831. The molecule has 3 aromatic rings. The van der Waals surface area contributed by atoms with Crippen LogP contribution in [0, 0.1) is 12.7 Å². The van der Waals surface area contributed by atoms with Crippen molar-refractivity contribution in [3.63, 3.8) is 0 Å². The number of fused-ring (bicyclic) bond motifs is 1. The summed E-state index contributed by atoms with van der Waals surface area (Å²) in [5.74, 6) is 0.164. The van der Waals surface area contributed by atoms with E-state index in [1.165, 1.54) is 6.20 Å². The number of aromatic nitrogens is 1. The Kier molecular flexibility index (Phi) is 3.51. The Morgan fingerprint density at radius 3 is 2.86 bits per heavy atom. The molecule has 2 aromatic carbocycles. The lowest BCUT2D eigenvalue weighted by Crippen LogP contribution is -1.97. The van der Waals surface area contributed by atoms with E-state index in [2.05, 4.69) is 20.9 Å². The minimum atomic E-state index is -0.392. The van der Waals surface area contributed by atoms with Gasteiger partial charge < -0.3 is 10.5 Å². The molecule has 0 spiro atoms. The quantitative estimate of drug-likeness (QED) is 0.723. The molecule has 0 bridgehead atoms. The smallest absolute Gasteiger partial charge is 0.168 e. The molecule has 0 aliphatic carbocycles. The van der Waals surface area contributed by atoms with Gasteiger partial charge in [-0.3, -0.25) is 4.98 Å². The second-order valence-corrected chi connectivity index (χ2v) is 5.61. The van der Waals surface area contributed by atoms with Crippen molar-refractivity contribution >= 4 is 32.5 Å². The monoisotopic (exact) mass is 346 g/mol. The number of nitrogens with zero attached hydrogens (tertiary/aromatic N) is 1. The van der Waals surface area contributed by atoms with Crippen LogP contribution in [-0.4, -0.2) is 4.98 Å². The van der Waals surface area contributed by atoms with Crippen molar-refractivity contribution in [2.45, 2.75) is 6.92 Å². The molecule has 0 saturated carbocycles. The van der Waals surface area contributed by atoms with Gasteiger partial charge in [-0.1, -0.05) is 28.1 Å². The van der Waals surface area contributed by atoms with Crippen molar-refractivity contribution in [1.29, 1.82) is 0 Å². The minimum Gasteiger partial charge on any atom is -0.451 e. The lowest BCUT2D eigenvalue weighted by atomic mass is 10.2. The molecular formula is C16H12BrFN2O. The summed E-state index contributed by atoms with van der Waals surface area (Å²) in [5.41, 5.74) is 7.56. The number of aryl methyl sites for hydroxylation is 1. The second kappa shape index (κ2) is 5.33. The summed E-state index contributed by atoms with van der Waals surface area (Å²) in [5, 5.41) is 0.727. The molecule has 3 nitrogen and oxygen atoms in total. The van der Waals surface area contributed by atoms with E-state index in [9.17, 15) is 4.39 Å². The number of benzene rings is 2. The number of anilines is 1. The zero-order valence-electron chi connectivity index (χ0n) is 11.2. The number of pyridine rings is 1. The molecule has 0 fully saturated rings. The first-order valence-electron chi connectivity index (χ1n) is 6.33. The molecule has 1 heterocycles. The fourth-order valence-corrected chi connectivity index (χ4v) is 2.44. The summed E-state index contributed by atoms with van der Waals surface area (Å²) < 4.78 is 20.7. The number of hydrogen-bond donors (Lipinski definition) is 1. The van der Waals surface area contributed by atoms with Gasteiger partial charge in [0.2, 0.25) is 0 Å². The molecule has 2 N–H and O–H groups in total. The first kappa shape index (κ1) is 13.8. The lowest BCUT2D eigenvalue weighted by Gasteiger charge is -2.12. The average Bonchev–Trinajstić information content (AvgIpc) is 2.46. The molecule has 0 aliphatic heterocycles. The SMILES string of the molecule is Cc1cccc(Oc2c(N)cnc3ccc(Br)cc23)c1F. The molecule has 0 radical (unpaired) electrons. The highest BCUT2D eigenvalue weighted by molar-refractivity contribution is 9.10. The number of hydrogen-bond acceptors (Lipinski definition) is 3. The maximum Gasteiger partial charge on any atom is 0.168 e. The van der Waals surface area contributed by atoms with E-state index in [-0.39, 0.29) is 5.75 Å². The zero-order chi connectivity index (χ0) is 15.0. The molecule has 0 saturated heterocycles. The van der Waals surface area contributed by atoms with E-state index in [0.29, 0.717) is 17.0 Å². The summed E-state index contributed by atoms with van der Waals surface area (Å²) in [6.07, 6.45) is 1.51. The van der Waals surface area contributed by atoms with Gasteiger partial charge in [0.15, 0.2) is 17.3 Å². The van der Waals surface area contributed by atoms with Gasteiger partial charge in [-0.2, -0.15) is 0 Å². The van der Waals surface area contributed by atoms with E-state index in [1.807, 2.05) is 18.2 Å². The van der Waals surface area contributed by atoms with Gasteiger partial charge in [0.25, 0.3) is 0 Å². The number of halogens is 2. The van der Waals surface area contributed by atoms with Crippen LogP contribution in [0.1, 0.15) is 5.56 Å². The topological polar surface area (TPSA) is 48.1 Å². The number of nitrogen functional groups attached to an aromatic ring is 1. The summed E-state index contributed by atoms with van der Waals surface area (Å²) in [6, 6.07) is 10.6. The van der Waals surface area contributed by atoms with Gasteiger partial charge in [-0.15, -0.1) is 0 Å². The highest BCUT2D eigenvalue weighted by Crippen LogP contribution is 2.36. The fraction of sp³-hybridized carbons (Fsp3) is 0.0625. The van der Waals surface area contributed by atoms with Crippen molar-refractivity contribution in [1.82, 2.24) is 4.98 Å². The van der Waals surface area contributed by atoms with Crippen LogP contribution in [0.4, 0.5) is 10.1 Å². The molecule has 1 aromatic heterocycles. The van der Waals surface area contributed by atoms with Crippen LogP contribution < -0.4 is 10.5 Å². The standard InChI is InChI=1S/C16H12BrFN2O/c1-9-3-2-4-14(15(9)18)21-16-11-7-10(17)5-6-13(11)20-8-12(16)19/h2-8H,19H2,1H3. The molecule has 5 heteroatoms. The van der Waals surface area contributed by atoms with Gasteiger partial charge in [0.1, 0.15) is 0 Å². The van der Waals surface area contributed by atoms with Gasteiger partial charge in [-0.25, -0.2) is 4.39 Å². The van der Waals surface area contributed by atoms with Gasteiger partial charge >= 0.3 is 0 Å². The molecular weight excluding hydrogens is 335 g/mol. The number of ether oxygens (including phenoxy) is 1. The average molecular weight is 347 g/mol. The summed E-state index contributed by atoms with van der Waals surface area (Å²) in [7, 11) is 0. The predicted octanol–water partition coefficient (Wildman–Crippen LogP) is 4.82. The van der Waals surface area contributed by atoms with E-state index in [1.54, 1.807) is 25.1 Å². The van der Waals surface area contributed by atoms with E-state index in [4.69, 9.17) is 10.5 Å². The van der Waals surface area contributed by atoms with Gasteiger partial charge in [-0.05, 0) is 36.8 Å². The molecule has 0 atom stereocenters. The number of nitrogens with two attached hydrogens (primary N) is 1. The van der Waals surface area contributed by atoms with Crippen LogP contribution in [0.5, 0.6) is 11.5 Å². The molecule has 0 amide bonds. The number of rotatable bonds is 2. The van der Waals surface area contributed by atoms with Crippen molar-refractivity contribution in [2.75, 3.05) is 5.73 Å². The van der Waals surface area contributed by atoms with Crippen LogP contribution in [0.25, 0.3) is 10.9 Å². The van der Waals surface area contributed by atoms with Crippen LogP contribution in [0.15, 0.2) is 47.1 Å². The maximum absolute atomic E-state index is 14.1. The Morgan fingerprint density at radius 1 is 1.24 bits per heavy atom. The first-order chi connectivity index (χ1) is 10.1. The second-order valence-electron chi connectivity index (χ2n) is 4.69. The molecule has 106 valence electrons. The van der Waals surface area contributed by atoms with E-state index >= 15 is 0 Å². The maximum atomic E-state index is 14.1. The summed E-state index contributed by atoms with van der Waals surface area (Å²) in [6.45, 7) is 1.69. The third kappa shape index (κ3) is 2.56. The highest BCUT2D eigenvalue weighted by atomic mass is 79.9. The van der Waals surface area contributed by atoms with Crippen molar-refractivity contribution in [2.24, 2.45) is 0 Å².